The van der Waals surface area contributed by atoms with E-state index in [1.165, 1.54) is 0 Å². The zero-order valence-electron chi connectivity index (χ0n) is 11.4. The van der Waals surface area contributed by atoms with Gasteiger partial charge < -0.3 is 20.1 Å². The third kappa shape index (κ3) is 3.99. The van der Waals surface area contributed by atoms with Gasteiger partial charge in [-0.1, -0.05) is 18.7 Å². The number of aliphatic hydroxyl groups is 1. The zero-order chi connectivity index (χ0) is 14.4. The Morgan fingerprint density at radius 2 is 2.35 bits per heavy atom. The molecule has 2 rings (SSSR count). The van der Waals surface area contributed by atoms with Crippen molar-refractivity contribution in [3.05, 3.63) is 36.9 Å². The van der Waals surface area contributed by atoms with Crippen molar-refractivity contribution >= 4 is 11.7 Å². The molecule has 0 unspecified atom stereocenters. The van der Waals surface area contributed by atoms with Gasteiger partial charge >= 0.3 is 6.03 Å². The Balaban J connectivity index is 1.97. The number of hydrogen-bond acceptors (Lipinski definition) is 3. The van der Waals surface area contributed by atoms with Gasteiger partial charge in [0.2, 0.25) is 0 Å². The maximum atomic E-state index is 12.2. The molecule has 0 atom stereocenters. The number of aliphatic hydroxyl groups excluding tert-OH is 1. The van der Waals surface area contributed by atoms with E-state index in [1.54, 1.807) is 17.0 Å². The molecule has 0 radical (unpaired) electrons. The number of carbonyl (C=O) groups is 1. The van der Waals surface area contributed by atoms with Crippen molar-refractivity contribution in [2.24, 2.45) is 0 Å². The molecule has 0 spiro atoms. The molecule has 5 nitrogen and oxygen atoms in total. The molecule has 0 heterocycles. The SMILES string of the molecule is C=CCOc1cccc(NC(=O)N(CCO)C2CC2)c1. The van der Waals surface area contributed by atoms with Crippen LogP contribution in [0.5, 0.6) is 5.75 Å². The maximum absolute atomic E-state index is 12.2. The standard InChI is InChI=1S/C15H20N2O3/c1-2-10-20-14-5-3-4-12(11-14)16-15(19)17(8-9-18)13-6-7-13/h2-5,11,13,18H,1,6-10H2,(H,16,19). The Bertz CT molecular complexity index is 472. The number of rotatable bonds is 7. The molecule has 1 aromatic carbocycles. The van der Waals surface area contributed by atoms with E-state index < -0.39 is 0 Å². The van der Waals surface area contributed by atoms with E-state index >= 15 is 0 Å². The van der Waals surface area contributed by atoms with E-state index in [1.807, 2.05) is 18.2 Å². The summed E-state index contributed by atoms with van der Waals surface area (Å²) >= 11 is 0. The summed E-state index contributed by atoms with van der Waals surface area (Å²) in [5, 5.41) is 11.9. The first kappa shape index (κ1) is 14.4. The molecule has 0 bridgehead atoms. The first-order valence-corrected chi connectivity index (χ1v) is 6.77. The third-order valence-corrected chi connectivity index (χ3v) is 3.04. The normalized spacial score (nSPS) is 13.7. The van der Waals surface area contributed by atoms with Crippen LogP contribution in [-0.2, 0) is 0 Å². The highest BCUT2D eigenvalue weighted by atomic mass is 16.5. The van der Waals surface area contributed by atoms with Gasteiger partial charge in [-0.3, -0.25) is 0 Å². The first-order chi connectivity index (χ1) is 9.74. The molecule has 0 aromatic heterocycles. The summed E-state index contributed by atoms with van der Waals surface area (Å²) in [4.78, 5) is 13.8. The van der Waals surface area contributed by atoms with E-state index in [-0.39, 0.29) is 18.7 Å². The molecule has 5 heteroatoms. The minimum Gasteiger partial charge on any atom is -0.489 e. The molecular weight excluding hydrogens is 256 g/mol. The van der Waals surface area contributed by atoms with Crippen LogP contribution in [0.4, 0.5) is 10.5 Å². The fraction of sp³-hybridized carbons (Fsp3) is 0.400. The average molecular weight is 276 g/mol. The number of nitrogens with one attached hydrogen (secondary N) is 1. The molecule has 0 aliphatic heterocycles. The smallest absolute Gasteiger partial charge is 0.322 e. The van der Waals surface area contributed by atoms with Gasteiger partial charge in [0.05, 0.1) is 6.61 Å². The predicted molar refractivity (Wildman–Crippen MR) is 78.0 cm³/mol. The molecule has 2 amide bonds. The van der Waals surface area contributed by atoms with E-state index in [2.05, 4.69) is 11.9 Å². The molecule has 2 N–H and O–H groups in total. The molecule has 1 saturated carbocycles. The molecule has 108 valence electrons. The Morgan fingerprint density at radius 1 is 1.55 bits per heavy atom. The fourth-order valence-electron chi connectivity index (χ4n) is 1.96. The van der Waals surface area contributed by atoms with Crippen LogP contribution < -0.4 is 10.1 Å². The number of benzene rings is 1. The van der Waals surface area contributed by atoms with Crippen molar-refractivity contribution in [1.82, 2.24) is 4.90 Å². The highest BCUT2D eigenvalue weighted by molar-refractivity contribution is 5.90. The van der Waals surface area contributed by atoms with E-state index in [4.69, 9.17) is 9.84 Å². The number of anilines is 1. The molecule has 20 heavy (non-hydrogen) atoms. The topological polar surface area (TPSA) is 61.8 Å². The number of urea groups is 1. The second-order valence-corrected chi connectivity index (χ2v) is 4.71. The second kappa shape index (κ2) is 6.96. The molecule has 0 saturated heterocycles. The maximum Gasteiger partial charge on any atom is 0.322 e. The predicted octanol–water partition coefficient (Wildman–Crippen LogP) is 2.24. The van der Waals surface area contributed by atoms with Gasteiger partial charge in [-0.25, -0.2) is 4.79 Å². The largest absolute Gasteiger partial charge is 0.489 e. The molecular formula is C15H20N2O3. The van der Waals surface area contributed by atoms with Crippen molar-refractivity contribution in [3.63, 3.8) is 0 Å². The lowest BCUT2D eigenvalue weighted by Gasteiger charge is -2.21. The van der Waals surface area contributed by atoms with E-state index in [0.717, 1.165) is 12.8 Å². The molecule has 1 fully saturated rings. The zero-order valence-corrected chi connectivity index (χ0v) is 11.4. The van der Waals surface area contributed by atoms with Crippen LogP contribution in [0, 0.1) is 0 Å². The molecule has 1 aliphatic rings. The Hall–Kier alpha value is -2.01. The third-order valence-electron chi connectivity index (χ3n) is 3.04. The van der Waals surface area contributed by atoms with Crippen molar-refractivity contribution in [3.8, 4) is 5.75 Å². The summed E-state index contributed by atoms with van der Waals surface area (Å²) in [5.74, 6) is 0.683. The Morgan fingerprint density at radius 3 is 3.00 bits per heavy atom. The van der Waals surface area contributed by atoms with Crippen LogP contribution >= 0.6 is 0 Å². The van der Waals surface area contributed by atoms with Gasteiger partial charge in [-0.05, 0) is 25.0 Å². The summed E-state index contributed by atoms with van der Waals surface area (Å²) < 4.78 is 5.42. The van der Waals surface area contributed by atoms with E-state index in [0.29, 0.717) is 24.6 Å². The van der Waals surface area contributed by atoms with Crippen molar-refractivity contribution < 1.29 is 14.6 Å². The lowest BCUT2D eigenvalue weighted by Crippen LogP contribution is -2.38. The number of nitrogens with zero attached hydrogens (tertiary/aromatic N) is 1. The monoisotopic (exact) mass is 276 g/mol. The number of hydrogen-bond donors (Lipinski definition) is 2. The van der Waals surface area contributed by atoms with Crippen LogP contribution in [0.2, 0.25) is 0 Å². The quantitative estimate of drug-likeness (QED) is 0.751. The molecule has 1 aromatic rings. The highest BCUT2D eigenvalue weighted by Crippen LogP contribution is 2.27. The number of ether oxygens (including phenoxy) is 1. The fourth-order valence-corrected chi connectivity index (χ4v) is 1.96. The summed E-state index contributed by atoms with van der Waals surface area (Å²) in [5.41, 5.74) is 0.681. The van der Waals surface area contributed by atoms with E-state index in [9.17, 15) is 4.79 Å². The van der Waals surface area contributed by atoms with Gasteiger partial charge in [-0.2, -0.15) is 0 Å². The van der Waals surface area contributed by atoms with Gasteiger partial charge in [0.1, 0.15) is 12.4 Å². The Labute approximate surface area is 118 Å². The van der Waals surface area contributed by atoms with Crippen molar-refractivity contribution in [2.45, 2.75) is 18.9 Å². The summed E-state index contributed by atoms with van der Waals surface area (Å²) in [6, 6.07) is 7.31. The Kier molecular flexibility index (Phi) is 5.01. The van der Waals surface area contributed by atoms with Gasteiger partial charge in [0.15, 0.2) is 0 Å². The van der Waals surface area contributed by atoms with Gasteiger partial charge in [0, 0.05) is 24.3 Å². The van der Waals surface area contributed by atoms with Crippen LogP contribution in [-0.4, -0.2) is 41.8 Å². The summed E-state index contributed by atoms with van der Waals surface area (Å²) in [7, 11) is 0. The van der Waals surface area contributed by atoms with Crippen LogP contribution in [0.25, 0.3) is 0 Å². The summed E-state index contributed by atoms with van der Waals surface area (Å²) in [6.45, 7) is 4.36. The average Bonchev–Trinajstić information content (AvgIpc) is 3.27. The highest BCUT2D eigenvalue weighted by Gasteiger charge is 2.32. The van der Waals surface area contributed by atoms with Crippen molar-refractivity contribution in [1.29, 1.82) is 0 Å². The van der Waals surface area contributed by atoms with Crippen LogP contribution in [0.3, 0.4) is 0 Å². The summed E-state index contributed by atoms with van der Waals surface area (Å²) in [6.07, 6.45) is 3.69. The van der Waals surface area contributed by atoms with Gasteiger partial charge in [0.25, 0.3) is 0 Å². The number of carbonyl (C=O) groups excluding carboxylic acids is 1. The van der Waals surface area contributed by atoms with Crippen molar-refractivity contribution in [2.75, 3.05) is 25.1 Å². The minimum absolute atomic E-state index is 0.0214. The minimum atomic E-state index is -0.178. The van der Waals surface area contributed by atoms with Crippen LogP contribution in [0.1, 0.15) is 12.8 Å². The lowest BCUT2D eigenvalue weighted by molar-refractivity contribution is 0.185. The molecule has 1 aliphatic carbocycles. The second-order valence-electron chi connectivity index (χ2n) is 4.71. The number of amides is 2. The van der Waals surface area contributed by atoms with Gasteiger partial charge in [-0.15, -0.1) is 0 Å². The van der Waals surface area contributed by atoms with Crippen LogP contribution in [0.15, 0.2) is 36.9 Å². The first-order valence-electron chi connectivity index (χ1n) is 6.77. The lowest BCUT2D eigenvalue weighted by atomic mass is 10.3.